The number of nitrogens with one attached hydrogen (secondary N) is 1. The zero-order chi connectivity index (χ0) is 12.4. The zero-order valence-corrected chi connectivity index (χ0v) is 10.4. The number of aryl methyl sites for hydroxylation is 1. The SMILES string of the molecule is O=C(NCCCn1ccc2ccccc21)C1CC1. The van der Waals surface area contributed by atoms with Crippen LogP contribution in [0.5, 0.6) is 0 Å². The predicted molar refractivity (Wildman–Crippen MR) is 72.3 cm³/mol. The summed E-state index contributed by atoms with van der Waals surface area (Å²) in [4.78, 5) is 11.5. The van der Waals surface area contributed by atoms with Crippen molar-refractivity contribution >= 4 is 16.8 Å². The highest BCUT2D eigenvalue weighted by Crippen LogP contribution is 2.28. The molecule has 1 aliphatic carbocycles. The summed E-state index contributed by atoms with van der Waals surface area (Å²) in [6, 6.07) is 10.5. The Morgan fingerprint density at radius 3 is 2.94 bits per heavy atom. The van der Waals surface area contributed by atoms with E-state index in [1.165, 1.54) is 10.9 Å². The van der Waals surface area contributed by atoms with E-state index in [4.69, 9.17) is 0 Å². The first-order valence-corrected chi connectivity index (χ1v) is 6.66. The molecule has 3 nitrogen and oxygen atoms in total. The molecule has 0 atom stereocenters. The topological polar surface area (TPSA) is 34.0 Å². The summed E-state index contributed by atoms with van der Waals surface area (Å²) in [5, 5.41) is 4.28. The van der Waals surface area contributed by atoms with Crippen LogP contribution in [0, 0.1) is 5.92 Å². The number of rotatable bonds is 5. The van der Waals surface area contributed by atoms with Gasteiger partial charge in [-0.2, -0.15) is 0 Å². The minimum Gasteiger partial charge on any atom is -0.356 e. The maximum Gasteiger partial charge on any atom is 0.223 e. The maximum absolute atomic E-state index is 11.5. The molecule has 0 radical (unpaired) electrons. The molecule has 0 bridgehead atoms. The van der Waals surface area contributed by atoms with E-state index in [2.05, 4.69) is 46.4 Å². The maximum atomic E-state index is 11.5. The summed E-state index contributed by atoms with van der Waals surface area (Å²) >= 11 is 0. The Hall–Kier alpha value is -1.77. The van der Waals surface area contributed by atoms with Crippen molar-refractivity contribution in [3.8, 4) is 0 Å². The van der Waals surface area contributed by atoms with Gasteiger partial charge in [0, 0.05) is 30.7 Å². The molecule has 1 aliphatic rings. The van der Waals surface area contributed by atoms with E-state index < -0.39 is 0 Å². The number of carbonyl (C=O) groups excluding carboxylic acids is 1. The molecule has 1 amide bonds. The third-order valence-corrected chi connectivity index (χ3v) is 3.50. The van der Waals surface area contributed by atoms with Gasteiger partial charge in [-0.05, 0) is 36.8 Å². The van der Waals surface area contributed by atoms with E-state index in [0.29, 0.717) is 5.92 Å². The number of amides is 1. The van der Waals surface area contributed by atoms with Crippen LogP contribution in [-0.2, 0) is 11.3 Å². The van der Waals surface area contributed by atoms with Crippen molar-refractivity contribution in [3.63, 3.8) is 0 Å². The van der Waals surface area contributed by atoms with Crippen molar-refractivity contribution in [2.24, 2.45) is 5.92 Å². The van der Waals surface area contributed by atoms with Crippen LogP contribution in [0.25, 0.3) is 10.9 Å². The number of hydrogen-bond donors (Lipinski definition) is 1. The summed E-state index contributed by atoms with van der Waals surface area (Å²) in [5.41, 5.74) is 1.27. The number of carbonyl (C=O) groups is 1. The highest BCUT2D eigenvalue weighted by atomic mass is 16.2. The summed E-state index contributed by atoms with van der Waals surface area (Å²) < 4.78 is 2.25. The second-order valence-corrected chi connectivity index (χ2v) is 4.99. The summed E-state index contributed by atoms with van der Waals surface area (Å²) in [5.74, 6) is 0.560. The number of nitrogens with zero attached hydrogens (tertiary/aromatic N) is 1. The first-order valence-electron chi connectivity index (χ1n) is 6.66. The van der Waals surface area contributed by atoms with Crippen LogP contribution < -0.4 is 5.32 Å². The molecule has 2 aromatic rings. The van der Waals surface area contributed by atoms with Gasteiger partial charge < -0.3 is 9.88 Å². The van der Waals surface area contributed by atoms with Crippen LogP contribution in [0.3, 0.4) is 0 Å². The van der Waals surface area contributed by atoms with Crippen molar-refractivity contribution in [1.29, 1.82) is 0 Å². The van der Waals surface area contributed by atoms with E-state index in [0.717, 1.165) is 32.4 Å². The van der Waals surface area contributed by atoms with Gasteiger partial charge in [0.25, 0.3) is 0 Å². The second kappa shape index (κ2) is 4.84. The number of para-hydroxylation sites is 1. The molecule has 1 aromatic carbocycles. The van der Waals surface area contributed by atoms with Gasteiger partial charge in [-0.3, -0.25) is 4.79 Å². The fourth-order valence-corrected chi connectivity index (χ4v) is 2.29. The fraction of sp³-hybridized carbons (Fsp3) is 0.400. The monoisotopic (exact) mass is 242 g/mol. The molecule has 1 saturated carbocycles. The van der Waals surface area contributed by atoms with Gasteiger partial charge in [-0.1, -0.05) is 18.2 Å². The lowest BCUT2D eigenvalue weighted by Crippen LogP contribution is -2.26. The molecule has 1 heterocycles. The van der Waals surface area contributed by atoms with Gasteiger partial charge >= 0.3 is 0 Å². The average Bonchev–Trinajstić information content (AvgIpc) is 3.17. The van der Waals surface area contributed by atoms with Crippen molar-refractivity contribution < 1.29 is 4.79 Å². The Morgan fingerprint density at radius 2 is 2.11 bits per heavy atom. The van der Waals surface area contributed by atoms with Crippen molar-refractivity contribution in [2.75, 3.05) is 6.54 Å². The number of hydrogen-bond acceptors (Lipinski definition) is 1. The number of fused-ring (bicyclic) bond motifs is 1. The lowest BCUT2D eigenvalue weighted by molar-refractivity contribution is -0.122. The number of aromatic nitrogens is 1. The van der Waals surface area contributed by atoms with E-state index in [9.17, 15) is 4.79 Å². The van der Waals surface area contributed by atoms with Gasteiger partial charge in [0.05, 0.1) is 0 Å². The summed E-state index contributed by atoms with van der Waals surface area (Å²) in [6.45, 7) is 1.74. The first-order chi connectivity index (χ1) is 8.84. The molecule has 1 N–H and O–H groups in total. The van der Waals surface area contributed by atoms with Crippen molar-refractivity contribution in [2.45, 2.75) is 25.8 Å². The molecule has 18 heavy (non-hydrogen) atoms. The van der Waals surface area contributed by atoms with E-state index in [1.54, 1.807) is 0 Å². The summed E-state index contributed by atoms with van der Waals surface area (Å²) in [7, 11) is 0. The van der Waals surface area contributed by atoms with Crippen LogP contribution in [0.15, 0.2) is 36.5 Å². The standard InChI is InChI=1S/C15H18N2O/c18-15(13-6-7-13)16-9-3-10-17-11-8-12-4-1-2-5-14(12)17/h1-2,4-5,8,11,13H,3,6-7,9-10H2,(H,16,18). The van der Waals surface area contributed by atoms with Crippen molar-refractivity contribution in [3.05, 3.63) is 36.5 Å². The molecule has 3 rings (SSSR count). The second-order valence-electron chi connectivity index (χ2n) is 4.99. The number of benzene rings is 1. The average molecular weight is 242 g/mol. The molecular formula is C15H18N2O. The van der Waals surface area contributed by atoms with Gasteiger partial charge in [0.15, 0.2) is 0 Å². The molecule has 0 aliphatic heterocycles. The first kappa shape index (κ1) is 11.3. The van der Waals surface area contributed by atoms with E-state index in [-0.39, 0.29) is 5.91 Å². The lowest BCUT2D eigenvalue weighted by atomic mass is 10.2. The van der Waals surface area contributed by atoms with E-state index >= 15 is 0 Å². The Labute approximate surface area is 107 Å². The summed E-state index contributed by atoms with van der Waals surface area (Å²) in [6.07, 6.45) is 5.26. The fourth-order valence-electron chi connectivity index (χ4n) is 2.29. The zero-order valence-electron chi connectivity index (χ0n) is 10.4. The quantitative estimate of drug-likeness (QED) is 0.803. The molecule has 0 unspecified atom stereocenters. The molecule has 0 saturated heterocycles. The largest absolute Gasteiger partial charge is 0.356 e. The van der Waals surface area contributed by atoms with Crippen LogP contribution in [-0.4, -0.2) is 17.0 Å². The highest BCUT2D eigenvalue weighted by molar-refractivity contribution is 5.81. The Balaban J connectivity index is 1.52. The lowest BCUT2D eigenvalue weighted by Gasteiger charge is -2.06. The molecule has 94 valence electrons. The van der Waals surface area contributed by atoms with Crippen LogP contribution in [0.1, 0.15) is 19.3 Å². The third-order valence-electron chi connectivity index (χ3n) is 3.50. The highest BCUT2D eigenvalue weighted by Gasteiger charge is 2.28. The van der Waals surface area contributed by atoms with Gasteiger partial charge in [0.1, 0.15) is 0 Å². The predicted octanol–water partition coefficient (Wildman–Crippen LogP) is 2.56. The van der Waals surface area contributed by atoms with Crippen LogP contribution in [0.4, 0.5) is 0 Å². The minimum absolute atomic E-state index is 0.243. The molecule has 1 aromatic heterocycles. The van der Waals surface area contributed by atoms with Crippen LogP contribution in [0.2, 0.25) is 0 Å². The van der Waals surface area contributed by atoms with Gasteiger partial charge in [-0.15, -0.1) is 0 Å². The minimum atomic E-state index is 0.243. The Bertz CT molecular complexity index is 554. The molecular weight excluding hydrogens is 224 g/mol. The smallest absolute Gasteiger partial charge is 0.223 e. The van der Waals surface area contributed by atoms with Crippen LogP contribution >= 0.6 is 0 Å². The third kappa shape index (κ3) is 2.40. The molecule has 1 fully saturated rings. The Morgan fingerprint density at radius 1 is 1.28 bits per heavy atom. The molecule has 3 heteroatoms. The normalized spacial score (nSPS) is 14.9. The Kier molecular flexibility index (Phi) is 3.05. The van der Waals surface area contributed by atoms with E-state index in [1.807, 2.05) is 0 Å². The molecule has 0 spiro atoms. The van der Waals surface area contributed by atoms with Gasteiger partial charge in [0.2, 0.25) is 5.91 Å². The van der Waals surface area contributed by atoms with Crippen molar-refractivity contribution in [1.82, 2.24) is 9.88 Å². The van der Waals surface area contributed by atoms with Gasteiger partial charge in [-0.25, -0.2) is 0 Å².